The number of hydrazine groups is 2. The average Bonchev–Trinajstić information content (AvgIpc) is 2.82. The van der Waals surface area contributed by atoms with Crippen molar-refractivity contribution in [2.45, 2.75) is 13.3 Å². The molecule has 0 bridgehead atoms. The highest BCUT2D eigenvalue weighted by Crippen LogP contribution is 2.04. The van der Waals surface area contributed by atoms with Crippen molar-refractivity contribution in [1.82, 2.24) is 21.4 Å². The Bertz CT molecular complexity index is 454. The molecule has 1 heterocycles. The number of benzene rings is 1. The molecule has 0 saturated heterocycles. The fourth-order valence-electron chi connectivity index (χ4n) is 1.62. The third kappa shape index (κ3) is 2.98. The second kappa shape index (κ2) is 5.50. The Labute approximate surface area is 106 Å². The first-order chi connectivity index (χ1) is 8.69. The lowest BCUT2D eigenvalue weighted by atomic mass is 10.1. The van der Waals surface area contributed by atoms with Crippen LogP contribution in [0.4, 0.5) is 0 Å². The molecule has 2 rings (SSSR count). The summed E-state index contributed by atoms with van der Waals surface area (Å²) in [7, 11) is 1.79. The molecule has 0 aromatic heterocycles. The Kier molecular flexibility index (Phi) is 3.78. The lowest BCUT2D eigenvalue weighted by molar-refractivity contribution is 0.0958. The van der Waals surface area contributed by atoms with Crippen molar-refractivity contribution in [3.8, 4) is 0 Å². The monoisotopic (exact) mass is 247 g/mol. The number of aryl methyl sites for hydroxylation is 1. The minimum atomic E-state index is -0.100. The SMILES string of the molecule is CCc1ccc(C(=O)NCC2=NNN(C)N2)cc1. The predicted octanol–water partition coefficient (Wildman–Crippen LogP) is 0.247. The summed E-state index contributed by atoms with van der Waals surface area (Å²) < 4.78 is 0. The van der Waals surface area contributed by atoms with Crippen LogP contribution in [0.2, 0.25) is 0 Å². The molecule has 0 radical (unpaired) electrons. The van der Waals surface area contributed by atoms with Gasteiger partial charge in [0.05, 0.1) is 6.54 Å². The van der Waals surface area contributed by atoms with Crippen molar-refractivity contribution in [3.63, 3.8) is 0 Å². The van der Waals surface area contributed by atoms with Crippen LogP contribution >= 0.6 is 0 Å². The van der Waals surface area contributed by atoms with E-state index in [9.17, 15) is 4.79 Å². The van der Waals surface area contributed by atoms with Gasteiger partial charge in [0.25, 0.3) is 5.91 Å². The van der Waals surface area contributed by atoms with Gasteiger partial charge in [0, 0.05) is 12.6 Å². The van der Waals surface area contributed by atoms with Crippen LogP contribution in [0.25, 0.3) is 0 Å². The van der Waals surface area contributed by atoms with Crippen LogP contribution in [0, 0.1) is 0 Å². The largest absolute Gasteiger partial charge is 0.345 e. The molecule has 0 spiro atoms. The second-order valence-corrected chi connectivity index (χ2v) is 4.06. The van der Waals surface area contributed by atoms with E-state index in [-0.39, 0.29) is 5.91 Å². The van der Waals surface area contributed by atoms with Crippen LogP contribution in [-0.2, 0) is 6.42 Å². The summed E-state index contributed by atoms with van der Waals surface area (Å²) in [4.78, 5) is 11.9. The molecule has 1 aliphatic rings. The van der Waals surface area contributed by atoms with Crippen LogP contribution in [0.15, 0.2) is 29.4 Å². The van der Waals surface area contributed by atoms with Gasteiger partial charge in [-0.1, -0.05) is 19.1 Å². The van der Waals surface area contributed by atoms with Gasteiger partial charge in [-0.15, -0.1) is 10.2 Å². The van der Waals surface area contributed by atoms with E-state index in [4.69, 9.17) is 0 Å². The lowest BCUT2D eigenvalue weighted by Crippen LogP contribution is -2.41. The quantitative estimate of drug-likeness (QED) is 0.713. The third-order valence-electron chi connectivity index (χ3n) is 2.67. The molecule has 0 saturated carbocycles. The van der Waals surface area contributed by atoms with Crippen LogP contribution < -0.4 is 16.3 Å². The van der Waals surface area contributed by atoms with Gasteiger partial charge in [-0.05, 0) is 24.1 Å². The summed E-state index contributed by atoms with van der Waals surface area (Å²) in [6, 6.07) is 7.61. The number of amidine groups is 1. The normalized spacial score (nSPS) is 14.7. The van der Waals surface area contributed by atoms with Crippen LogP contribution in [0.3, 0.4) is 0 Å². The van der Waals surface area contributed by atoms with Crippen molar-refractivity contribution in [2.24, 2.45) is 5.10 Å². The van der Waals surface area contributed by atoms with Gasteiger partial charge in [-0.3, -0.25) is 10.2 Å². The predicted molar refractivity (Wildman–Crippen MR) is 69.6 cm³/mol. The van der Waals surface area contributed by atoms with E-state index in [1.165, 1.54) is 5.56 Å². The Morgan fingerprint density at radius 2 is 2.11 bits per heavy atom. The van der Waals surface area contributed by atoms with Gasteiger partial charge in [0.2, 0.25) is 0 Å². The number of carbonyl (C=O) groups is 1. The molecule has 1 amide bonds. The summed E-state index contributed by atoms with van der Waals surface area (Å²) in [6.45, 7) is 2.45. The molecule has 6 nitrogen and oxygen atoms in total. The number of hydrogen-bond acceptors (Lipinski definition) is 5. The van der Waals surface area contributed by atoms with Crippen molar-refractivity contribution in [1.29, 1.82) is 0 Å². The Hall–Kier alpha value is -2.08. The molecule has 0 aliphatic carbocycles. The van der Waals surface area contributed by atoms with Crippen LogP contribution in [0.5, 0.6) is 0 Å². The summed E-state index contributed by atoms with van der Waals surface area (Å²) in [5, 5.41) is 8.39. The minimum Gasteiger partial charge on any atom is -0.345 e. The van der Waals surface area contributed by atoms with E-state index >= 15 is 0 Å². The van der Waals surface area contributed by atoms with Gasteiger partial charge in [-0.2, -0.15) is 0 Å². The zero-order valence-electron chi connectivity index (χ0n) is 10.5. The first kappa shape index (κ1) is 12.4. The smallest absolute Gasteiger partial charge is 0.251 e. The van der Waals surface area contributed by atoms with Crippen LogP contribution in [-0.4, -0.2) is 30.5 Å². The van der Waals surface area contributed by atoms with E-state index in [0.29, 0.717) is 17.9 Å². The number of nitrogens with zero attached hydrogens (tertiary/aromatic N) is 2. The molecule has 0 fully saturated rings. The number of nitrogens with one attached hydrogen (secondary N) is 3. The molecule has 3 N–H and O–H groups in total. The Morgan fingerprint density at radius 3 is 2.67 bits per heavy atom. The van der Waals surface area contributed by atoms with E-state index in [2.05, 4.69) is 28.3 Å². The van der Waals surface area contributed by atoms with Crippen molar-refractivity contribution in [2.75, 3.05) is 13.6 Å². The summed E-state index contributed by atoms with van der Waals surface area (Å²) in [5.41, 5.74) is 7.52. The first-order valence-electron chi connectivity index (χ1n) is 5.88. The van der Waals surface area contributed by atoms with E-state index in [1.54, 1.807) is 12.2 Å². The van der Waals surface area contributed by atoms with Crippen molar-refractivity contribution >= 4 is 11.7 Å². The highest BCUT2D eigenvalue weighted by atomic mass is 16.1. The maximum atomic E-state index is 11.9. The maximum absolute atomic E-state index is 11.9. The first-order valence-corrected chi connectivity index (χ1v) is 5.88. The topological polar surface area (TPSA) is 68.8 Å². The molecule has 6 heteroatoms. The number of rotatable bonds is 4. The summed E-state index contributed by atoms with van der Waals surface area (Å²) in [6.07, 6.45) is 0.973. The second-order valence-electron chi connectivity index (χ2n) is 4.06. The molecular weight excluding hydrogens is 230 g/mol. The van der Waals surface area contributed by atoms with Gasteiger partial charge >= 0.3 is 0 Å². The molecule has 96 valence electrons. The van der Waals surface area contributed by atoms with Crippen LogP contribution in [0.1, 0.15) is 22.8 Å². The molecule has 1 aliphatic heterocycles. The molecule has 0 unspecified atom stereocenters. The fraction of sp³-hybridized carbons (Fsp3) is 0.333. The minimum absolute atomic E-state index is 0.100. The zero-order valence-corrected chi connectivity index (χ0v) is 10.5. The van der Waals surface area contributed by atoms with Crippen molar-refractivity contribution in [3.05, 3.63) is 35.4 Å². The molecular formula is C12H17N5O. The number of hydrazone groups is 1. The highest BCUT2D eigenvalue weighted by molar-refractivity contribution is 5.97. The third-order valence-corrected chi connectivity index (χ3v) is 2.67. The zero-order chi connectivity index (χ0) is 13.0. The van der Waals surface area contributed by atoms with E-state index < -0.39 is 0 Å². The van der Waals surface area contributed by atoms with Gasteiger partial charge in [0.15, 0.2) is 5.84 Å². The Morgan fingerprint density at radius 1 is 1.39 bits per heavy atom. The summed E-state index contributed by atoms with van der Waals surface area (Å²) in [5.74, 6) is 0.577. The molecule has 18 heavy (non-hydrogen) atoms. The lowest BCUT2D eigenvalue weighted by Gasteiger charge is -2.09. The molecule has 1 aromatic carbocycles. The maximum Gasteiger partial charge on any atom is 0.251 e. The average molecular weight is 247 g/mol. The summed E-state index contributed by atoms with van der Waals surface area (Å²) >= 11 is 0. The molecule has 1 aromatic rings. The van der Waals surface area contributed by atoms with Gasteiger partial charge in [-0.25, -0.2) is 5.53 Å². The molecule has 0 atom stereocenters. The number of amides is 1. The standard InChI is InChI=1S/C12H17N5O/c1-3-9-4-6-10(7-5-9)12(18)13-8-11-14-16-17(2)15-11/h4-7,16H,3,8H2,1-2H3,(H,13,18)(H,14,15). The number of carbonyl (C=O) groups excluding carboxylic acids is 1. The van der Waals surface area contributed by atoms with E-state index in [0.717, 1.165) is 6.42 Å². The highest BCUT2D eigenvalue weighted by Gasteiger charge is 2.11. The van der Waals surface area contributed by atoms with Crippen molar-refractivity contribution < 1.29 is 4.79 Å². The fourth-order valence-corrected chi connectivity index (χ4v) is 1.62. The van der Waals surface area contributed by atoms with E-state index in [1.807, 2.05) is 24.3 Å². The van der Waals surface area contributed by atoms with Gasteiger partial charge < -0.3 is 5.32 Å². The number of hydrogen-bond donors (Lipinski definition) is 3. The van der Waals surface area contributed by atoms with Gasteiger partial charge in [0.1, 0.15) is 0 Å². The Balaban J connectivity index is 1.87.